The van der Waals surface area contributed by atoms with Crippen molar-refractivity contribution in [3.8, 4) is 5.69 Å². The van der Waals surface area contributed by atoms with Gasteiger partial charge in [-0.05, 0) is 32.0 Å². The smallest absolute Gasteiger partial charge is 0.312 e. The molecule has 0 fully saturated rings. The SMILES string of the molecule is CC(C)n1c(=O)on(-c2cccc(Cl)c2)c1=O. The van der Waals surface area contributed by atoms with Crippen LogP contribution in [-0.2, 0) is 0 Å². The van der Waals surface area contributed by atoms with Gasteiger partial charge in [0.25, 0.3) is 0 Å². The fourth-order valence-electron chi connectivity index (χ4n) is 1.53. The molecule has 0 unspecified atom stereocenters. The minimum absolute atomic E-state index is 0.251. The van der Waals surface area contributed by atoms with Crippen LogP contribution in [0.15, 0.2) is 38.4 Å². The Morgan fingerprint density at radius 2 is 2.00 bits per heavy atom. The van der Waals surface area contributed by atoms with E-state index in [0.29, 0.717) is 10.7 Å². The van der Waals surface area contributed by atoms with Crippen LogP contribution in [0.2, 0.25) is 5.02 Å². The highest BCUT2D eigenvalue weighted by molar-refractivity contribution is 6.30. The molecule has 0 atom stereocenters. The average Bonchev–Trinajstić information content (AvgIpc) is 2.54. The van der Waals surface area contributed by atoms with Crippen LogP contribution < -0.4 is 11.4 Å². The van der Waals surface area contributed by atoms with Crippen molar-refractivity contribution in [3.05, 3.63) is 50.3 Å². The van der Waals surface area contributed by atoms with Gasteiger partial charge in [0.05, 0.1) is 5.69 Å². The number of aromatic nitrogens is 2. The van der Waals surface area contributed by atoms with Gasteiger partial charge >= 0.3 is 11.4 Å². The van der Waals surface area contributed by atoms with Crippen molar-refractivity contribution in [1.29, 1.82) is 0 Å². The standard InChI is InChI=1S/C11H11ClN2O3/c1-7(2)13-10(15)14(17-11(13)16)9-5-3-4-8(12)6-9/h3-7H,1-2H3. The van der Waals surface area contributed by atoms with Crippen molar-refractivity contribution in [2.45, 2.75) is 19.9 Å². The summed E-state index contributed by atoms with van der Waals surface area (Å²) in [5.41, 5.74) is -0.0775. The summed E-state index contributed by atoms with van der Waals surface area (Å²) in [4.78, 5) is 23.4. The summed E-state index contributed by atoms with van der Waals surface area (Å²) in [6.07, 6.45) is 0. The van der Waals surface area contributed by atoms with Crippen LogP contribution in [-0.4, -0.2) is 9.31 Å². The maximum atomic E-state index is 11.9. The third-order valence-electron chi connectivity index (χ3n) is 2.31. The predicted molar refractivity (Wildman–Crippen MR) is 64.0 cm³/mol. The van der Waals surface area contributed by atoms with Gasteiger partial charge in [-0.1, -0.05) is 17.7 Å². The molecule has 5 nitrogen and oxygen atoms in total. The molecular formula is C11H11ClN2O3. The Morgan fingerprint density at radius 1 is 1.29 bits per heavy atom. The molecule has 0 bridgehead atoms. The van der Waals surface area contributed by atoms with E-state index in [4.69, 9.17) is 16.1 Å². The molecule has 0 saturated heterocycles. The van der Waals surface area contributed by atoms with E-state index < -0.39 is 11.4 Å². The molecule has 0 amide bonds. The van der Waals surface area contributed by atoms with Gasteiger partial charge in [-0.25, -0.2) is 14.2 Å². The molecule has 0 radical (unpaired) electrons. The molecule has 0 aliphatic rings. The lowest BCUT2D eigenvalue weighted by Gasteiger charge is -2.00. The van der Waals surface area contributed by atoms with Gasteiger partial charge in [0, 0.05) is 11.1 Å². The van der Waals surface area contributed by atoms with Crippen molar-refractivity contribution in [3.63, 3.8) is 0 Å². The number of hydrogen-bond donors (Lipinski definition) is 0. The highest BCUT2D eigenvalue weighted by atomic mass is 35.5. The van der Waals surface area contributed by atoms with Gasteiger partial charge in [0.15, 0.2) is 0 Å². The number of nitrogens with zero attached hydrogens (tertiary/aromatic N) is 2. The van der Waals surface area contributed by atoms with Crippen LogP contribution in [0, 0.1) is 0 Å². The van der Waals surface area contributed by atoms with E-state index in [2.05, 4.69) is 0 Å². The quantitative estimate of drug-likeness (QED) is 0.822. The zero-order chi connectivity index (χ0) is 12.6. The van der Waals surface area contributed by atoms with Gasteiger partial charge in [0.2, 0.25) is 0 Å². The second-order valence-corrected chi connectivity index (χ2v) is 4.31. The minimum atomic E-state index is -0.676. The second-order valence-electron chi connectivity index (χ2n) is 3.88. The van der Waals surface area contributed by atoms with E-state index >= 15 is 0 Å². The predicted octanol–water partition coefficient (Wildman–Crippen LogP) is 1.83. The fraction of sp³-hybridized carbons (Fsp3) is 0.273. The second kappa shape index (κ2) is 4.25. The van der Waals surface area contributed by atoms with Gasteiger partial charge in [0.1, 0.15) is 0 Å². The number of halogens is 1. The van der Waals surface area contributed by atoms with E-state index in [9.17, 15) is 9.59 Å². The van der Waals surface area contributed by atoms with Gasteiger partial charge in [-0.2, -0.15) is 0 Å². The Hall–Kier alpha value is -1.75. The molecule has 0 saturated carbocycles. The molecule has 1 heterocycles. The zero-order valence-electron chi connectivity index (χ0n) is 9.38. The maximum Gasteiger partial charge on any atom is 0.443 e. The van der Waals surface area contributed by atoms with E-state index in [-0.39, 0.29) is 6.04 Å². The molecule has 17 heavy (non-hydrogen) atoms. The topological polar surface area (TPSA) is 57.1 Å². The first kappa shape index (κ1) is 11.7. The molecule has 6 heteroatoms. The van der Waals surface area contributed by atoms with E-state index in [1.165, 1.54) is 0 Å². The van der Waals surface area contributed by atoms with Crippen LogP contribution in [0.25, 0.3) is 5.69 Å². The van der Waals surface area contributed by atoms with Crippen molar-refractivity contribution < 1.29 is 4.52 Å². The molecule has 1 aromatic heterocycles. The molecule has 0 aliphatic heterocycles. The Balaban J connectivity index is 2.66. The summed E-state index contributed by atoms with van der Waals surface area (Å²) >= 11 is 5.81. The highest BCUT2D eigenvalue weighted by Gasteiger charge is 2.15. The van der Waals surface area contributed by atoms with Crippen molar-refractivity contribution in [1.82, 2.24) is 9.31 Å². The summed E-state index contributed by atoms with van der Waals surface area (Å²) < 4.78 is 6.88. The summed E-state index contributed by atoms with van der Waals surface area (Å²) in [5, 5.41) is 0.467. The first-order chi connectivity index (χ1) is 8.00. The normalized spacial score (nSPS) is 11.1. The Labute approximate surface area is 102 Å². The first-order valence-corrected chi connectivity index (χ1v) is 5.49. The van der Waals surface area contributed by atoms with Crippen LogP contribution in [0.5, 0.6) is 0 Å². The molecule has 2 rings (SSSR count). The lowest BCUT2D eigenvalue weighted by atomic mass is 10.3. The van der Waals surface area contributed by atoms with Gasteiger partial charge < -0.3 is 4.52 Å². The molecule has 0 N–H and O–H groups in total. The lowest BCUT2D eigenvalue weighted by Crippen LogP contribution is -2.29. The molecular weight excluding hydrogens is 244 g/mol. The summed E-state index contributed by atoms with van der Waals surface area (Å²) in [7, 11) is 0. The summed E-state index contributed by atoms with van der Waals surface area (Å²) in [5.74, 6) is -0.676. The van der Waals surface area contributed by atoms with Crippen molar-refractivity contribution in [2.75, 3.05) is 0 Å². The lowest BCUT2D eigenvalue weighted by molar-refractivity contribution is 0.309. The van der Waals surface area contributed by atoms with Crippen molar-refractivity contribution >= 4 is 11.6 Å². The zero-order valence-corrected chi connectivity index (χ0v) is 10.1. The first-order valence-electron chi connectivity index (χ1n) is 5.11. The average molecular weight is 255 g/mol. The highest BCUT2D eigenvalue weighted by Crippen LogP contribution is 2.12. The molecule has 2 aromatic rings. The van der Waals surface area contributed by atoms with Gasteiger partial charge in [-0.15, -0.1) is 4.74 Å². The largest absolute Gasteiger partial charge is 0.443 e. The fourth-order valence-corrected chi connectivity index (χ4v) is 1.72. The Bertz CT molecular complexity index is 651. The molecule has 90 valence electrons. The van der Waals surface area contributed by atoms with Crippen LogP contribution >= 0.6 is 11.6 Å². The third-order valence-corrected chi connectivity index (χ3v) is 2.54. The van der Waals surface area contributed by atoms with Crippen LogP contribution in [0.4, 0.5) is 0 Å². The third kappa shape index (κ3) is 2.06. The molecule has 1 aromatic carbocycles. The summed E-state index contributed by atoms with van der Waals surface area (Å²) in [6.45, 7) is 3.47. The Morgan fingerprint density at radius 3 is 2.53 bits per heavy atom. The molecule has 0 aliphatic carbocycles. The van der Waals surface area contributed by atoms with E-state index in [0.717, 1.165) is 9.31 Å². The van der Waals surface area contributed by atoms with E-state index in [1.807, 2.05) is 0 Å². The van der Waals surface area contributed by atoms with Crippen LogP contribution in [0.1, 0.15) is 19.9 Å². The molecule has 0 spiro atoms. The number of rotatable bonds is 2. The van der Waals surface area contributed by atoms with Crippen molar-refractivity contribution in [2.24, 2.45) is 0 Å². The number of hydrogen-bond acceptors (Lipinski definition) is 3. The van der Waals surface area contributed by atoms with E-state index in [1.54, 1.807) is 38.1 Å². The monoisotopic (exact) mass is 254 g/mol. The summed E-state index contributed by atoms with van der Waals surface area (Å²) in [6, 6.07) is 6.29. The number of benzene rings is 1. The van der Waals surface area contributed by atoms with Crippen LogP contribution in [0.3, 0.4) is 0 Å². The Kier molecular flexibility index (Phi) is 2.93. The maximum absolute atomic E-state index is 11.9. The minimum Gasteiger partial charge on any atom is -0.312 e. The van der Waals surface area contributed by atoms with Gasteiger partial charge in [-0.3, -0.25) is 0 Å².